The third-order valence-corrected chi connectivity index (χ3v) is 7.20. The molecule has 3 atom stereocenters. The molecule has 2 aromatic rings. The standard InChI is InChI=1S/C10H15N2O8P.C9H4O5.C6H14O3/c1-5-3-12(10(15)11-9(5)14)8-2-6(13)7(20-8)4-19-21(16,17)18;10-7(11)4-1-2-5-6(3-4)9(13)14-8(5)12;1-2-6(3-7,4-8)5-9/h3,6-8,13H,2,4H2,1H3,(H,11,14,15)(H2,16,17,18);1-3H,(H,10,11);7-9H,2-5H2,1H3/t6-,7+,8+;;/m0../s1. The van der Waals surface area contributed by atoms with E-state index >= 15 is 0 Å². The van der Waals surface area contributed by atoms with E-state index in [9.17, 15) is 33.6 Å². The summed E-state index contributed by atoms with van der Waals surface area (Å²) in [5.41, 5.74) is -1.51. The molecule has 2 aliphatic rings. The number of hydrogen-bond acceptors (Lipinski definition) is 13. The summed E-state index contributed by atoms with van der Waals surface area (Å²) in [5, 5.41) is 44.4. The predicted molar refractivity (Wildman–Crippen MR) is 146 cm³/mol. The van der Waals surface area contributed by atoms with Gasteiger partial charge in [-0.2, -0.15) is 0 Å². The molecule has 44 heavy (non-hydrogen) atoms. The molecule has 4 rings (SSSR count). The SMILES string of the molecule is CCC(CO)(CO)CO.Cc1cn([C@H]2C[C@H](O)[C@@H](COP(=O)(O)O)O2)c(=O)[nH]c1=O.O=C(O)c1ccc2c(c1)C(=O)OC2=O. The van der Waals surface area contributed by atoms with E-state index in [4.69, 9.17) is 34.9 Å². The van der Waals surface area contributed by atoms with E-state index in [0.717, 1.165) is 10.6 Å². The van der Waals surface area contributed by atoms with Gasteiger partial charge in [0.15, 0.2) is 0 Å². The first-order valence-corrected chi connectivity index (χ1v) is 14.4. The van der Waals surface area contributed by atoms with E-state index in [0.29, 0.717) is 12.0 Å². The van der Waals surface area contributed by atoms with Crippen LogP contribution in [0.3, 0.4) is 0 Å². The number of fused-ring (bicyclic) bond motifs is 1. The molecule has 244 valence electrons. The number of aromatic carboxylic acids is 1. The molecule has 18 nitrogen and oxygen atoms in total. The third-order valence-electron chi connectivity index (χ3n) is 6.72. The van der Waals surface area contributed by atoms with Crippen molar-refractivity contribution >= 4 is 25.7 Å². The molecule has 1 saturated heterocycles. The number of aliphatic hydroxyl groups excluding tert-OH is 4. The molecule has 0 amide bonds. The number of phosphoric ester groups is 1. The quantitative estimate of drug-likeness (QED) is 0.0886. The maximum Gasteiger partial charge on any atom is 0.469 e. The molecule has 0 radical (unpaired) electrons. The van der Waals surface area contributed by atoms with Crippen LogP contribution in [0.25, 0.3) is 0 Å². The number of aromatic nitrogens is 2. The zero-order valence-corrected chi connectivity index (χ0v) is 24.4. The molecule has 0 unspecified atom stereocenters. The average Bonchev–Trinajstić information content (AvgIpc) is 3.48. The highest BCUT2D eigenvalue weighted by molar-refractivity contribution is 7.46. The molecular formula is C25H33N2O16P. The minimum Gasteiger partial charge on any atom is -0.478 e. The lowest BCUT2D eigenvalue weighted by Gasteiger charge is -2.24. The van der Waals surface area contributed by atoms with Gasteiger partial charge in [-0.05, 0) is 31.5 Å². The zero-order valence-electron chi connectivity index (χ0n) is 23.5. The second-order valence-corrected chi connectivity index (χ2v) is 11.0. The summed E-state index contributed by atoms with van der Waals surface area (Å²) in [6.45, 7) is 2.35. The predicted octanol–water partition coefficient (Wildman–Crippen LogP) is -1.34. The summed E-state index contributed by atoms with van der Waals surface area (Å²) in [6.07, 6.45) is -0.974. The number of cyclic esters (lactones) is 2. The number of carboxylic acid groups (broad SMARTS) is 1. The maximum absolute atomic E-state index is 11.7. The molecule has 19 heteroatoms. The van der Waals surface area contributed by atoms with Crippen LogP contribution in [0.1, 0.15) is 62.6 Å². The van der Waals surface area contributed by atoms with Crippen LogP contribution < -0.4 is 11.2 Å². The zero-order chi connectivity index (χ0) is 33.4. The van der Waals surface area contributed by atoms with Gasteiger partial charge in [0.25, 0.3) is 5.56 Å². The van der Waals surface area contributed by atoms with Gasteiger partial charge in [0.2, 0.25) is 0 Å². The second kappa shape index (κ2) is 15.4. The third kappa shape index (κ3) is 9.46. The first-order valence-electron chi connectivity index (χ1n) is 12.8. The van der Waals surface area contributed by atoms with Gasteiger partial charge in [0, 0.05) is 23.6 Å². The Morgan fingerprint density at radius 1 is 1.09 bits per heavy atom. The van der Waals surface area contributed by atoms with E-state index in [1.807, 2.05) is 6.92 Å². The number of aliphatic hydroxyl groups is 4. The van der Waals surface area contributed by atoms with Crippen LogP contribution in [0.15, 0.2) is 34.0 Å². The number of carboxylic acids is 1. The number of rotatable bonds is 9. The van der Waals surface area contributed by atoms with Crippen molar-refractivity contribution in [3.63, 3.8) is 0 Å². The van der Waals surface area contributed by atoms with Crippen LogP contribution in [0, 0.1) is 12.3 Å². The van der Waals surface area contributed by atoms with Gasteiger partial charge in [-0.1, -0.05) is 6.92 Å². The molecule has 0 bridgehead atoms. The smallest absolute Gasteiger partial charge is 0.469 e. The number of aryl methyl sites for hydroxylation is 1. The Bertz CT molecular complexity index is 1490. The summed E-state index contributed by atoms with van der Waals surface area (Å²) >= 11 is 0. The van der Waals surface area contributed by atoms with Gasteiger partial charge in [0.05, 0.1) is 49.2 Å². The van der Waals surface area contributed by atoms with Gasteiger partial charge in [-0.3, -0.25) is 18.9 Å². The first-order chi connectivity index (χ1) is 20.5. The molecule has 2 aliphatic heterocycles. The Morgan fingerprint density at radius 2 is 1.68 bits per heavy atom. The second-order valence-electron chi connectivity index (χ2n) is 9.77. The number of nitrogens with zero attached hydrogens (tertiary/aromatic N) is 1. The lowest BCUT2D eigenvalue weighted by atomic mass is 9.88. The number of benzene rings is 1. The van der Waals surface area contributed by atoms with Crippen molar-refractivity contribution in [1.82, 2.24) is 9.55 Å². The highest BCUT2D eigenvalue weighted by Crippen LogP contribution is 2.38. The minimum atomic E-state index is -4.67. The van der Waals surface area contributed by atoms with Gasteiger partial charge >= 0.3 is 31.4 Å². The number of phosphoric acid groups is 1. The lowest BCUT2D eigenvalue weighted by molar-refractivity contribution is -0.0451. The molecule has 0 saturated carbocycles. The number of H-pyrrole nitrogens is 1. The summed E-state index contributed by atoms with van der Waals surface area (Å²) in [6, 6.07) is 3.65. The molecule has 3 heterocycles. The molecule has 8 N–H and O–H groups in total. The molecule has 1 aromatic carbocycles. The van der Waals surface area contributed by atoms with Crippen molar-refractivity contribution in [2.45, 2.75) is 45.1 Å². The summed E-state index contributed by atoms with van der Waals surface area (Å²) < 4.78 is 25.7. The molecule has 0 aliphatic carbocycles. The van der Waals surface area contributed by atoms with Crippen LogP contribution in [0.2, 0.25) is 0 Å². The first kappa shape index (κ1) is 36.6. The number of carbonyl (C=O) groups excluding carboxylic acids is 2. The van der Waals surface area contributed by atoms with Crippen molar-refractivity contribution in [2.24, 2.45) is 5.41 Å². The van der Waals surface area contributed by atoms with E-state index in [1.165, 1.54) is 25.3 Å². The van der Waals surface area contributed by atoms with Crippen LogP contribution >= 0.6 is 7.82 Å². The van der Waals surface area contributed by atoms with Crippen LogP contribution in [-0.2, 0) is 18.6 Å². The summed E-state index contributed by atoms with van der Waals surface area (Å²) in [7, 11) is -4.67. The summed E-state index contributed by atoms with van der Waals surface area (Å²) in [5.74, 6) is -2.69. The molecule has 1 aromatic heterocycles. The van der Waals surface area contributed by atoms with E-state index in [1.54, 1.807) is 0 Å². The fourth-order valence-electron chi connectivity index (χ4n) is 3.71. The number of nitrogens with one attached hydrogen (secondary N) is 1. The van der Waals surface area contributed by atoms with Crippen molar-refractivity contribution in [1.29, 1.82) is 0 Å². The van der Waals surface area contributed by atoms with Crippen molar-refractivity contribution in [3.8, 4) is 0 Å². The molecular weight excluding hydrogens is 615 g/mol. The number of carbonyl (C=O) groups is 3. The van der Waals surface area contributed by atoms with Gasteiger partial charge in [-0.25, -0.2) is 23.7 Å². The molecule has 1 fully saturated rings. The number of hydrogen-bond donors (Lipinski definition) is 8. The minimum absolute atomic E-state index is 0.00917. The van der Waals surface area contributed by atoms with Crippen LogP contribution in [0.4, 0.5) is 0 Å². The Hall–Kier alpha value is -3.58. The van der Waals surface area contributed by atoms with Crippen LogP contribution in [-0.4, -0.2) is 101 Å². The highest BCUT2D eigenvalue weighted by atomic mass is 31.2. The Balaban J connectivity index is 0.000000253. The Morgan fingerprint density at radius 3 is 2.18 bits per heavy atom. The van der Waals surface area contributed by atoms with Gasteiger partial charge < -0.3 is 44.8 Å². The largest absolute Gasteiger partial charge is 0.478 e. The van der Waals surface area contributed by atoms with Crippen molar-refractivity contribution < 1.29 is 68.3 Å². The normalized spacial score (nSPS) is 19.3. The lowest BCUT2D eigenvalue weighted by Crippen LogP contribution is -2.33. The van der Waals surface area contributed by atoms with E-state index in [-0.39, 0.29) is 42.9 Å². The van der Waals surface area contributed by atoms with E-state index in [2.05, 4.69) is 14.2 Å². The fourth-order valence-corrected chi connectivity index (χ4v) is 4.05. The van der Waals surface area contributed by atoms with Crippen molar-refractivity contribution in [2.75, 3.05) is 26.4 Å². The van der Waals surface area contributed by atoms with E-state index < -0.39 is 67.4 Å². The number of esters is 2. The maximum atomic E-state index is 11.7. The number of ether oxygens (including phenoxy) is 2. The monoisotopic (exact) mass is 648 g/mol. The average molecular weight is 649 g/mol. The molecule has 0 spiro atoms. The fraction of sp³-hybridized carbons (Fsp3) is 0.480. The highest BCUT2D eigenvalue weighted by Gasteiger charge is 2.37. The topological polar surface area (TPSA) is 292 Å². The summed E-state index contributed by atoms with van der Waals surface area (Å²) in [4.78, 5) is 74.9. The number of aromatic amines is 1. The van der Waals surface area contributed by atoms with Crippen molar-refractivity contribution in [3.05, 3.63) is 67.5 Å². The Kier molecular flexibility index (Phi) is 12.8. The van der Waals surface area contributed by atoms with Crippen LogP contribution in [0.5, 0.6) is 0 Å². The van der Waals surface area contributed by atoms with Gasteiger partial charge in [0.1, 0.15) is 12.3 Å². The van der Waals surface area contributed by atoms with Gasteiger partial charge in [-0.15, -0.1) is 0 Å². The Labute approximate surface area is 248 Å².